The van der Waals surface area contributed by atoms with Gasteiger partial charge in [0.05, 0.1) is 0 Å². The summed E-state index contributed by atoms with van der Waals surface area (Å²) < 4.78 is 5.77. The maximum Gasteiger partial charge on any atom is 0.364 e. The topological polar surface area (TPSA) is 96.2 Å². The van der Waals surface area contributed by atoms with Gasteiger partial charge in [0.15, 0.2) is 5.52 Å². The number of aromatic amines is 2. The van der Waals surface area contributed by atoms with Gasteiger partial charge in [-0.25, -0.2) is 4.79 Å². The Hall–Kier alpha value is -2.05. The summed E-state index contributed by atoms with van der Waals surface area (Å²) in [7, 11) is 0. The predicted octanol–water partition coefficient (Wildman–Crippen LogP) is -1.11. The van der Waals surface area contributed by atoms with Crippen molar-refractivity contribution in [3.8, 4) is 0 Å². The number of imidazole rings is 1. The van der Waals surface area contributed by atoms with E-state index >= 15 is 0 Å². The highest BCUT2D eigenvalue weighted by atomic mass is 16.5. The molecule has 0 atom stereocenters. The second kappa shape index (κ2) is 1.42. The molecule has 2 N–H and O–H groups in total. The van der Waals surface area contributed by atoms with E-state index < -0.39 is 11.2 Å². The van der Waals surface area contributed by atoms with Crippen molar-refractivity contribution >= 4 is 17.0 Å². The van der Waals surface area contributed by atoms with E-state index in [-0.39, 0.29) is 17.0 Å². The van der Waals surface area contributed by atoms with Crippen LogP contribution in [0.15, 0.2) is 14.1 Å². The molecule has 3 heterocycles. The van der Waals surface area contributed by atoms with Crippen LogP contribution in [0.1, 0.15) is 0 Å². The average Bonchev–Trinajstić information content (AvgIpc) is 2.58. The summed E-state index contributed by atoms with van der Waals surface area (Å²) in [5.74, 6) is 0.170. The summed E-state index contributed by atoms with van der Waals surface area (Å²) >= 11 is 0. The number of H-pyrrole nitrogens is 2. The Morgan fingerprint density at radius 3 is 2.92 bits per heavy atom. The van der Waals surface area contributed by atoms with Crippen molar-refractivity contribution in [3.05, 3.63) is 20.8 Å². The summed E-state index contributed by atoms with van der Waals surface area (Å²) in [4.78, 5) is 30.5. The van der Waals surface area contributed by atoms with Gasteiger partial charge in [-0.05, 0) is 0 Å². The number of hydrogen-bond acceptors (Lipinski definition) is 4. The van der Waals surface area contributed by atoms with Gasteiger partial charge in [0.2, 0.25) is 5.65 Å². The lowest BCUT2D eigenvalue weighted by Gasteiger charge is -1.90. The minimum Gasteiger partial charge on any atom is -0.329 e. The zero-order chi connectivity index (χ0) is 8.29. The molecular formula is C5H2N4O3. The minimum absolute atomic E-state index is 0.170. The number of hydrogen-bond donors (Lipinski definition) is 2. The minimum atomic E-state index is -0.612. The average molecular weight is 166 g/mol. The van der Waals surface area contributed by atoms with Crippen molar-refractivity contribution in [1.29, 1.82) is 0 Å². The first kappa shape index (κ1) is 5.58. The molecule has 0 aliphatic heterocycles. The first-order valence-electron chi connectivity index (χ1n) is 3.19. The van der Waals surface area contributed by atoms with E-state index in [1.54, 1.807) is 0 Å². The summed E-state index contributed by atoms with van der Waals surface area (Å²) in [5, 5.41) is 0. The first-order chi connectivity index (χ1) is 5.75. The van der Waals surface area contributed by atoms with Crippen molar-refractivity contribution < 1.29 is 4.52 Å². The molecule has 3 aromatic heterocycles. The van der Waals surface area contributed by atoms with Gasteiger partial charge < -0.3 is 4.52 Å². The molecule has 0 saturated heterocycles. The van der Waals surface area contributed by atoms with Crippen LogP contribution in [0.4, 0.5) is 0 Å². The molecule has 0 radical (unpaired) electrons. The first-order valence-corrected chi connectivity index (χ1v) is 3.19. The molecule has 0 saturated carbocycles. The summed E-state index contributed by atoms with van der Waals surface area (Å²) in [6, 6.07) is 0. The van der Waals surface area contributed by atoms with Gasteiger partial charge >= 0.3 is 11.5 Å². The van der Waals surface area contributed by atoms with Gasteiger partial charge in [-0.15, -0.1) is 0 Å². The zero-order valence-electron chi connectivity index (χ0n) is 5.62. The Bertz CT molecular complexity index is 604. The molecule has 0 unspecified atom stereocenters. The second-order valence-electron chi connectivity index (χ2n) is 2.39. The van der Waals surface area contributed by atoms with Gasteiger partial charge in [-0.1, -0.05) is 4.57 Å². The highest BCUT2D eigenvalue weighted by molar-refractivity contribution is 5.73. The van der Waals surface area contributed by atoms with Gasteiger partial charge in [0, 0.05) is 0 Å². The Morgan fingerprint density at radius 2 is 2.17 bits per heavy atom. The Labute approximate surface area is 62.9 Å². The molecule has 2 bridgehead atoms. The van der Waals surface area contributed by atoms with Crippen LogP contribution in [0.3, 0.4) is 0 Å². The Kier molecular flexibility index (Phi) is 0.661. The molecule has 7 nitrogen and oxygen atoms in total. The highest BCUT2D eigenvalue weighted by Gasteiger charge is 2.14. The lowest BCUT2D eigenvalue weighted by molar-refractivity contribution is 0.380. The van der Waals surface area contributed by atoms with Crippen LogP contribution >= 0.6 is 0 Å². The molecule has 12 heavy (non-hydrogen) atoms. The predicted molar refractivity (Wildman–Crippen MR) is 37.4 cm³/mol. The maximum atomic E-state index is 11.0. The summed E-state index contributed by atoms with van der Waals surface area (Å²) in [6.07, 6.45) is 0. The largest absolute Gasteiger partial charge is 0.364 e. The lowest BCUT2D eigenvalue weighted by atomic mass is 10.5. The SMILES string of the molecule is O=c1[nH]c(=O)n2oc3nc2c1[nH]3. The van der Waals surface area contributed by atoms with Gasteiger partial charge in [-0.3, -0.25) is 14.8 Å². The van der Waals surface area contributed by atoms with Crippen molar-refractivity contribution in [2.75, 3.05) is 0 Å². The van der Waals surface area contributed by atoms with E-state index in [4.69, 9.17) is 4.52 Å². The van der Waals surface area contributed by atoms with Crippen LogP contribution in [-0.2, 0) is 0 Å². The monoisotopic (exact) mass is 166 g/mol. The van der Waals surface area contributed by atoms with E-state index in [2.05, 4.69) is 15.0 Å². The molecule has 60 valence electrons. The molecule has 0 aliphatic carbocycles. The molecule has 0 aliphatic rings. The van der Waals surface area contributed by atoms with E-state index in [0.29, 0.717) is 0 Å². The van der Waals surface area contributed by atoms with Crippen LogP contribution in [0, 0.1) is 0 Å². The van der Waals surface area contributed by atoms with Crippen molar-refractivity contribution in [3.63, 3.8) is 0 Å². The van der Waals surface area contributed by atoms with E-state index in [1.807, 2.05) is 0 Å². The van der Waals surface area contributed by atoms with Crippen LogP contribution in [0.25, 0.3) is 17.0 Å². The standard InChI is InChI=1S/C5H2N4O3/c10-3-1-2-7-4(6-1)12-9(2)5(11)8-3/h(H,6,7)(H,8,10,11). The fraction of sp³-hybridized carbons (Fsp3) is 0. The maximum absolute atomic E-state index is 11.0. The number of rotatable bonds is 0. The van der Waals surface area contributed by atoms with Gasteiger partial charge in [0.1, 0.15) is 0 Å². The normalized spacial score (nSPS) is 12.0. The van der Waals surface area contributed by atoms with Crippen molar-refractivity contribution in [1.82, 2.24) is 19.5 Å². The van der Waals surface area contributed by atoms with Crippen LogP contribution in [-0.4, -0.2) is 19.5 Å². The lowest BCUT2D eigenvalue weighted by Crippen LogP contribution is -2.25. The quantitative estimate of drug-likeness (QED) is 0.442. The van der Waals surface area contributed by atoms with E-state index in [0.717, 1.165) is 4.57 Å². The number of fused-ring (bicyclic) bond motifs is 1. The summed E-state index contributed by atoms with van der Waals surface area (Å²) in [6.45, 7) is 0. The number of aromatic nitrogens is 4. The smallest absolute Gasteiger partial charge is 0.329 e. The molecule has 0 fully saturated rings. The van der Waals surface area contributed by atoms with Crippen molar-refractivity contribution in [2.24, 2.45) is 0 Å². The molecule has 0 spiro atoms. The molecule has 3 aromatic rings. The molecular weight excluding hydrogens is 164 g/mol. The highest BCUT2D eigenvalue weighted by Crippen LogP contribution is 2.08. The molecule has 0 amide bonds. The van der Waals surface area contributed by atoms with Gasteiger partial charge in [0.25, 0.3) is 5.56 Å². The van der Waals surface area contributed by atoms with E-state index in [1.165, 1.54) is 0 Å². The number of nitrogens with one attached hydrogen (secondary N) is 2. The van der Waals surface area contributed by atoms with E-state index in [9.17, 15) is 9.59 Å². The fourth-order valence-electron chi connectivity index (χ4n) is 1.17. The van der Waals surface area contributed by atoms with Crippen LogP contribution in [0.5, 0.6) is 0 Å². The fourth-order valence-corrected chi connectivity index (χ4v) is 1.17. The molecule has 7 heteroatoms. The Balaban J connectivity index is 2.93. The third-order valence-electron chi connectivity index (χ3n) is 1.67. The van der Waals surface area contributed by atoms with Gasteiger partial charge in [-0.2, -0.15) is 4.98 Å². The molecule has 0 aromatic carbocycles. The second-order valence-corrected chi connectivity index (χ2v) is 2.39. The number of nitrogens with zero attached hydrogens (tertiary/aromatic N) is 2. The van der Waals surface area contributed by atoms with Crippen molar-refractivity contribution in [2.45, 2.75) is 0 Å². The third kappa shape index (κ3) is 0.428. The third-order valence-corrected chi connectivity index (χ3v) is 1.67. The van der Waals surface area contributed by atoms with Crippen LogP contribution < -0.4 is 11.2 Å². The molecule has 3 rings (SSSR count). The van der Waals surface area contributed by atoms with Crippen LogP contribution in [0.2, 0.25) is 0 Å². The Morgan fingerprint density at radius 1 is 1.33 bits per heavy atom. The summed E-state index contributed by atoms with van der Waals surface area (Å²) in [5.41, 5.74) is -0.595. The zero-order valence-corrected chi connectivity index (χ0v) is 5.62.